The molecule has 0 aliphatic carbocycles. The average molecular weight is 545 g/mol. The van der Waals surface area contributed by atoms with Crippen LogP contribution in [0.4, 0.5) is 5.82 Å². The SMILES string of the molecule is CCCOC(=O)C(C)(C)NP(=O)(COC(C)Cn1cnc2c(N)ncnc21)SCCC(=O)OC(C)C. The van der Waals surface area contributed by atoms with Gasteiger partial charge in [0.1, 0.15) is 23.7 Å². The molecule has 0 saturated carbocycles. The Balaban J connectivity index is 2.08. The Hall–Kier alpha value is -2.21. The van der Waals surface area contributed by atoms with Crippen LogP contribution in [0, 0.1) is 0 Å². The van der Waals surface area contributed by atoms with E-state index in [4.69, 9.17) is 19.9 Å². The molecule has 0 bridgehead atoms. The van der Waals surface area contributed by atoms with Crippen molar-refractivity contribution >= 4 is 46.8 Å². The summed E-state index contributed by atoms with van der Waals surface area (Å²) in [4.78, 5) is 36.9. The molecule has 12 nitrogen and oxygen atoms in total. The van der Waals surface area contributed by atoms with Gasteiger partial charge < -0.3 is 24.5 Å². The second kappa shape index (κ2) is 13.4. The predicted octanol–water partition coefficient (Wildman–Crippen LogP) is 3.36. The lowest BCUT2D eigenvalue weighted by Gasteiger charge is -2.30. The fourth-order valence-electron chi connectivity index (χ4n) is 3.13. The van der Waals surface area contributed by atoms with E-state index in [-0.39, 0.29) is 49.1 Å². The van der Waals surface area contributed by atoms with Crippen LogP contribution in [0.1, 0.15) is 54.4 Å². The number of nitrogens with zero attached hydrogens (tertiary/aromatic N) is 4. The first-order valence-corrected chi connectivity index (χ1v) is 15.3. The van der Waals surface area contributed by atoms with Crippen molar-refractivity contribution in [3.63, 3.8) is 0 Å². The molecule has 0 saturated heterocycles. The molecule has 0 aliphatic heterocycles. The number of imidazole rings is 1. The van der Waals surface area contributed by atoms with Crippen LogP contribution in [0.2, 0.25) is 0 Å². The molecule has 36 heavy (non-hydrogen) atoms. The van der Waals surface area contributed by atoms with Crippen LogP contribution in [-0.2, 0) is 34.9 Å². The van der Waals surface area contributed by atoms with E-state index in [1.807, 2.05) is 13.8 Å². The topological polar surface area (TPSA) is 161 Å². The van der Waals surface area contributed by atoms with Crippen LogP contribution in [-0.4, -0.2) is 67.9 Å². The van der Waals surface area contributed by atoms with Crippen molar-refractivity contribution in [2.75, 3.05) is 24.4 Å². The number of fused-ring (bicyclic) bond motifs is 1. The molecule has 202 valence electrons. The molecule has 2 aromatic heterocycles. The van der Waals surface area contributed by atoms with Gasteiger partial charge in [0.2, 0.25) is 6.49 Å². The maximum atomic E-state index is 13.9. The molecule has 2 heterocycles. The number of carbonyl (C=O) groups is 2. The van der Waals surface area contributed by atoms with E-state index in [1.165, 1.54) is 6.33 Å². The van der Waals surface area contributed by atoms with E-state index in [2.05, 4.69) is 20.0 Å². The minimum Gasteiger partial charge on any atom is -0.464 e. The van der Waals surface area contributed by atoms with E-state index in [0.717, 1.165) is 11.4 Å². The highest BCUT2D eigenvalue weighted by atomic mass is 32.7. The molecular weight excluding hydrogens is 507 g/mol. The fourth-order valence-corrected chi connectivity index (χ4v) is 7.73. The zero-order valence-electron chi connectivity index (χ0n) is 21.7. The lowest BCUT2D eigenvalue weighted by Crippen LogP contribution is -2.46. The van der Waals surface area contributed by atoms with Gasteiger partial charge in [0, 0.05) is 5.75 Å². The summed E-state index contributed by atoms with van der Waals surface area (Å²) >= 11 is 1.06. The third-order valence-corrected chi connectivity index (χ3v) is 9.36. The number of hydrogen-bond acceptors (Lipinski definition) is 11. The number of carbonyl (C=O) groups excluding carboxylic acids is 2. The minimum absolute atomic E-state index is 0.0763. The Morgan fingerprint density at radius 3 is 2.64 bits per heavy atom. The van der Waals surface area contributed by atoms with Gasteiger partial charge in [0.25, 0.3) is 0 Å². The van der Waals surface area contributed by atoms with E-state index < -0.39 is 18.0 Å². The van der Waals surface area contributed by atoms with Gasteiger partial charge in [-0.15, -0.1) is 0 Å². The van der Waals surface area contributed by atoms with Crippen LogP contribution in [0.3, 0.4) is 0 Å². The largest absolute Gasteiger partial charge is 0.464 e. The number of rotatable bonds is 15. The van der Waals surface area contributed by atoms with Gasteiger partial charge in [-0.3, -0.25) is 14.2 Å². The van der Waals surface area contributed by atoms with Crippen LogP contribution in [0.25, 0.3) is 11.2 Å². The normalized spacial score (nSPS) is 14.5. The molecule has 0 radical (unpaired) electrons. The second-order valence-corrected chi connectivity index (χ2v) is 14.1. The summed E-state index contributed by atoms with van der Waals surface area (Å²) in [7, 11) is 0. The predicted molar refractivity (Wildman–Crippen MR) is 140 cm³/mol. The van der Waals surface area contributed by atoms with Gasteiger partial charge >= 0.3 is 11.9 Å². The molecular formula is C22H37N6O6PS. The summed E-state index contributed by atoms with van der Waals surface area (Å²) in [5.41, 5.74) is 5.68. The lowest BCUT2D eigenvalue weighted by atomic mass is 10.1. The van der Waals surface area contributed by atoms with Crippen molar-refractivity contribution in [1.82, 2.24) is 24.6 Å². The van der Waals surface area contributed by atoms with Gasteiger partial charge in [-0.05, 0) is 41.0 Å². The fraction of sp³-hybridized carbons (Fsp3) is 0.682. The zero-order valence-corrected chi connectivity index (χ0v) is 23.4. The third kappa shape index (κ3) is 9.02. The summed E-state index contributed by atoms with van der Waals surface area (Å²) in [6, 6.07) is 0. The van der Waals surface area contributed by atoms with E-state index in [0.29, 0.717) is 24.1 Å². The summed E-state index contributed by atoms with van der Waals surface area (Å²) in [5, 5.41) is 2.95. The number of esters is 2. The molecule has 14 heteroatoms. The van der Waals surface area contributed by atoms with Crippen molar-refractivity contribution in [3.05, 3.63) is 12.7 Å². The Kier molecular flexibility index (Phi) is 11.1. The lowest BCUT2D eigenvalue weighted by molar-refractivity contribution is -0.149. The Morgan fingerprint density at radius 1 is 1.25 bits per heavy atom. The number of nitrogens with two attached hydrogens (primary N) is 1. The average Bonchev–Trinajstić information content (AvgIpc) is 3.19. The van der Waals surface area contributed by atoms with Crippen LogP contribution in [0.5, 0.6) is 0 Å². The molecule has 2 atom stereocenters. The zero-order chi connectivity index (χ0) is 26.9. The monoisotopic (exact) mass is 544 g/mol. The number of ether oxygens (including phenoxy) is 3. The van der Waals surface area contributed by atoms with E-state index in [9.17, 15) is 14.2 Å². The highest BCUT2D eigenvalue weighted by Gasteiger charge is 2.38. The molecule has 0 fully saturated rings. The van der Waals surface area contributed by atoms with Crippen molar-refractivity contribution in [2.45, 2.75) is 78.7 Å². The second-order valence-electron chi connectivity index (χ2n) is 9.10. The maximum Gasteiger partial charge on any atom is 0.326 e. The number of nitrogen functional groups attached to an aromatic ring is 1. The Morgan fingerprint density at radius 2 is 1.97 bits per heavy atom. The van der Waals surface area contributed by atoms with Crippen molar-refractivity contribution < 1.29 is 28.4 Å². The van der Waals surface area contributed by atoms with Crippen LogP contribution in [0.15, 0.2) is 12.7 Å². The Labute approximate surface area is 215 Å². The molecule has 0 spiro atoms. The molecule has 2 rings (SSSR count). The van der Waals surface area contributed by atoms with Crippen molar-refractivity contribution in [2.24, 2.45) is 0 Å². The van der Waals surface area contributed by atoms with Gasteiger partial charge in [-0.2, -0.15) is 0 Å². The highest BCUT2D eigenvalue weighted by molar-refractivity contribution is 8.57. The first kappa shape index (κ1) is 30.0. The van der Waals surface area contributed by atoms with Crippen molar-refractivity contribution in [1.29, 1.82) is 0 Å². The maximum absolute atomic E-state index is 13.9. The van der Waals surface area contributed by atoms with Gasteiger partial charge in [-0.25, -0.2) is 20.0 Å². The van der Waals surface area contributed by atoms with E-state index >= 15 is 0 Å². The molecule has 2 unspecified atom stereocenters. The quantitative estimate of drug-likeness (QED) is 0.249. The summed E-state index contributed by atoms with van der Waals surface area (Å²) < 4.78 is 32.0. The third-order valence-electron chi connectivity index (χ3n) is 4.78. The summed E-state index contributed by atoms with van der Waals surface area (Å²) in [6.45, 7) is 7.75. The van der Waals surface area contributed by atoms with E-state index in [1.54, 1.807) is 38.6 Å². The highest BCUT2D eigenvalue weighted by Crippen LogP contribution is 2.56. The van der Waals surface area contributed by atoms with Gasteiger partial charge in [0.05, 0.1) is 38.1 Å². The van der Waals surface area contributed by atoms with Crippen molar-refractivity contribution in [3.8, 4) is 0 Å². The van der Waals surface area contributed by atoms with Crippen LogP contribution < -0.4 is 10.8 Å². The standard InChI is InChI=1S/C22H37N6O6PS/c1-7-9-32-21(30)22(5,6)27-35(31,36-10-8-17(29)34-15(2)3)14-33-16(4)11-28-13-26-18-19(23)24-12-25-20(18)28/h12-13,15-16H,7-11,14H2,1-6H3,(H,27,31)(H2,23,24,25). The van der Waals surface area contributed by atoms with Crippen LogP contribution >= 0.6 is 17.9 Å². The molecule has 3 N–H and O–H groups in total. The molecule has 2 aromatic rings. The molecule has 0 aromatic carbocycles. The molecule has 0 aliphatic rings. The molecule has 0 amide bonds. The summed E-state index contributed by atoms with van der Waals surface area (Å²) in [6.07, 6.45) is 2.92. The minimum atomic E-state index is -3.35. The first-order chi connectivity index (χ1) is 16.9. The Bertz CT molecular complexity index is 1080. The number of hydrogen-bond donors (Lipinski definition) is 2. The number of aromatic nitrogens is 4. The van der Waals surface area contributed by atoms with Gasteiger partial charge in [0.15, 0.2) is 11.5 Å². The first-order valence-electron chi connectivity index (χ1n) is 11.8. The van der Waals surface area contributed by atoms with Gasteiger partial charge in [-0.1, -0.05) is 18.3 Å². The smallest absolute Gasteiger partial charge is 0.326 e. The summed E-state index contributed by atoms with van der Waals surface area (Å²) in [5.74, 6) is -0.380. The number of nitrogens with one attached hydrogen (secondary N) is 1. The number of anilines is 1.